The maximum atomic E-state index is 13.4. The summed E-state index contributed by atoms with van der Waals surface area (Å²) in [6.07, 6.45) is -5.61. The van der Waals surface area contributed by atoms with Crippen LogP contribution >= 0.6 is 0 Å². The lowest BCUT2D eigenvalue weighted by molar-refractivity contribution is -0.388. The minimum absolute atomic E-state index is 0.179. The molecule has 1 unspecified atom stereocenters. The molecule has 1 aliphatic rings. The lowest BCUT2D eigenvalue weighted by Gasteiger charge is -2.27. The molecule has 0 aromatic heterocycles. The van der Waals surface area contributed by atoms with E-state index in [1.54, 1.807) is 0 Å². The fourth-order valence-electron chi connectivity index (χ4n) is 4.96. The number of nitrogens with zero attached hydrogens (tertiary/aromatic N) is 3. The largest absolute Gasteiger partial charge is 0.616 e. The van der Waals surface area contributed by atoms with E-state index in [0.717, 1.165) is 51.0 Å². The number of benzene rings is 1. The number of carbonyl (C=O) groups is 2. The van der Waals surface area contributed by atoms with Crippen molar-refractivity contribution in [2.24, 2.45) is 0 Å². The number of halogens is 8. The molecule has 0 N–H and O–H groups in total. The molecule has 1 atom stereocenters. The van der Waals surface area contributed by atoms with Crippen molar-refractivity contribution in [3.63, 3.8) is 0 Å². The van der Waals surface area contributed by atoms with Crippen molar-refractivity contribution in [2.75, 3.05) is 23.0 Å². The van der Waals surface area contributed by atoms with Crippen LogP contribution < -0.4 is 4.90 Å². The van der Waals surface area contributed by atoms with Crippen LogP contribution in [0.1, 0.15) is 90.0 Å². The Morgan fingerprint density at radius 1 is 0.822 bits per heavy atom. The van der Waals surface area contributed by atoms with E-state index in [4.69, 9.17) is 0 Å². The summed E-state index contributed by atoms with van der Waals surface area (Å²) >= 11 is -1.45. The maximum Gasteiger partial charge on any atom is 0.453 e. The molecular weight excluding hydrogens is 642 g/mol. The number of imide groups is 1. The maximum absolute atomic E-state index is 13.4. The van der Waals surface area contributed by atoms with E-state index >= 15 is 0 Å². The van der Waals surface area contributed by atoms with Crippen LogP contribution in [0.3, 0.4) is 0 Å². The van der Waals surface area contributed by atoms with Crippen LogP contribution in [0.2, 0.25) is 0 Å². The summed E-state index contributed by atoms with van der Waals surface area (Å²) in [6.45, 7) is 3.13. The average molecular weight is 680 g/mol. The first-order valence-corrected chi connectivity index (χ1v) is 16.0. The smallest absolute Gasteiger partial charge is 0.453 e. The van der Waals surface area contributed by atoms with Crippen LogP contribution in [-0.2, 0) is 22.1 Å². The van der Waals surface area contributed by atoms with Gasteiger partial charge in [0, 0.05) is 19.0 Å². The molecule has 1 aliphatic heterocycles. The highest BCUT2D eigenvalue weighted by Crippen LogP contribution is 2.41. The number of urea groups is 1. The molecule has 0 aliphatic carbocycles. The Hall–Kier alpha value is -2.69. The first-order chi connectivity index (χ1) is 20.7. The molecule has 8 nitrogen and oxygen atoms in total. The number of hydrogen-bond donors (Lipinski definition) is 0. The third-order valence-electron chi connectivity index (χ3n) is 7.60. The highest BCUT2D eigenvalue weighted by Gasteiger charge is 2.56. The fourth-order valence-corrected chi connectivity index (χ4v) is 6.15. The second-order valence-corrected chi connectivity index (χ2v) is 13.1. The third kappa shape index (κ3) is 10.4. The molecular formula is C28H37F8N3O5S. The summed E-state index contributed by atoms with van der Waals surface area (Å²) in [5, 5.41) is 11.0. The number of carbonyl (C=O) groups excluding carboxylic acids is 2. The quantitative estimate of drug-likeness (QED) is 0.0387. The van der Waals surface area contributed by atoms with Gasteiger partial charge in [-0.2, -0.15) is 35.1 Å². The van der Waals surface area contributed by atoms with Gasteiger partial charge in [-0.25, -0.2) is 9.69 Å². The zero-order valence-corrected chi connectivity index (χ0v) is 25.8. The SMILES string of the molecule is CC1(C)C(=O)N(c2ccc([N+](=O)[O-])c(C(F)(F)F)c2)C(=O)N1CCCCCCCCCCC[S+]([O-])CCCC(F)(F)C(F)(F)F. The van der Waals surface area contributed by atoms with E-state index < -0.39 is 81.6 Å². The van der Waals surface area contributed by atoms with E-state index in [0.29, 0.717) is 29.9 Å². The van der Waals surface area contributed by atoms with Crippen LogP contribution in [0.5, 0.6) is 0 Å². The number of alkyl halides is 8. The van der Waals surface area contributed by atoms with E-state index in [-0.39, 0.29) is 18.1 Å². The topological polar surface area (TPSA) is 107 Å². The molecule has 45 heavy (non-hydrogen) atoms. The molecule has 1 aromatic carbocycles. The Morgan fingerprint density at radius 2 is 1.33 bits per heavy atom. The van der Waals surface area contributed by atoms with E-state index in [1.807, 2.05) is 0 Å². The number of amides is 3. The normalized spacial score (nSPS) is 16.5. The molecule has 1 fully saturated rings. The number of hydrogen-bond acceptors (Lipinski definition) is 5. The Bertz CT molecular complexity index is 1180. The Labute approximate surface area is 258 Å². The molecule has 0 radical (unpaired) electrons. The molecule has 2 rings (SSSR count). The standard InChI is InChI=1S/C28H37F8N3O5S/c1-25(2)23(40)38(20-13-14-22(39(42)43)21(19-20)27(31,32)33)24(41)37(25)16-10-8-6-4-3-5-7-9-11-17-45(44)18-12-15-26(29,30)28(34,35)36/h13-14,19H,3-12,15-18H2,1-2H3. The van der Waals surface area contributed by atoms with Crippen LogP contribution in [0.15, 0.2) is 18.2 Å². The highest BCUT2D eigenvalue weighted by atomic mass is 32.2. The zero-order chi connectivity index (χ0) is 34.2. The lowest BCUT2D eigenvalue weighted by atomic mass is 10.0. The van der Waals surface area contributed by atoms with Crippen molar-refractivity contribution < 1.29 is 54.2 Å². The van der Waals surface area contributed by atoms with Gasteiger partial charge in [-0.05, 0) is 51.7 Å². The van der Waals surface area contributed by atoms with E-state index in [1.165, 1.54) is 18.7 Å². The first-order valence-electron chi connectivity index (χ1n) is 14.5. The fraction of sp³-hybridized carbons (Fsp3) is 0.714. The monoisotopic (exact) mass is 679 g/mol. The Kier molecular flexibility index (Phi) is 13.5. The van der Waals surface area contributed by atoms with Gasteiger partial charge >= 0.3 is 24.3 Å². The second-order valence-electron chi connectivity index (χ2n) is 11.4. The Morgan fingerprint density at radius 3 is 1.84 bits per heavy atom. The first kappa shape index (κ1) is 38.5. The minimum atomic E-state index is -5.60. The van der Waals surface area contributed by atoms with Crippen molar-refractivity contribution in [3.8, 4) is 0 Å². The van der Waals surface area contributed by atoms with Crippen LogP contribution in [0.25, 0.3) is 0 Å². The molecule has 0 spiro atoms. The number of anilines is 1. The van der Waals surface area contributed by atoms with Crippen molar-refractivity contribution in [2.45, 2.75) is 108 Å². The molecule has 0 saturated carbocycles. The van der Waals surface area contributed by atoms with Crippen molar-refractivity contribution in [1.82, 2.24) is 4.90 Å². The van der Waals surface area contributed by atoms with Gasteiger partial charge in [0.05, 0.1) is 10.6 Å². The number of nitro groups is 1. The highest BCUT2D eigenvalue weighted by molar-refractivity contribution is 7.91. The van der Waals surface area contributed by atoms with Gasteiger partial charge in [0.1, 0.15) is 22.6 Å². The number of unbranched alkanes of at least 4 members (excludes halogenated alkanes) is 8. The van der Waals surface area contributed by atoms with Crippen molar-refractivity contribution in [1.29, 1.82) is 0 Å². The number of rotatable bonds is 18. The van der Waals surface area contributed by atoms with Crippen LogP contribution in [-0.4, -0.2) is 62.0 Å². The van der Waals surface area contributed by atoms with Crippen LogP contribution in [0, 0.1) is 10.1 Å². The van der Waals surface area contributed by atoms with Gasteiger partial charge < -0.3 is 9.45 Å². The lowest BCUT2D eigenvalue weighted by Crippen LogP contribution is -2.44. The van der Waals surface area contributed by atoms with Crippen molar-refractivity contribution in [3.05, 3.63) is 33.9 Å². The molecule has 0 bridgehead atoms. The van der Waals surface area contributed by atoms with Gasteiger partial charge in [-0.3, -0.25) is 14.9 Å². The summed E-state index contributed by atoms with van der Waals surface area (Å²) in [6, 6.07) is 1.17. The van der Waals surface area contributed by atoms with E-state index in [2.05, 4.69) is 0 Å². The third-order valence-corrected chi connectivity index (χ3v) is 9.08. The number of nitro benzene ring substituents is 1. The molecule has 3 amide bonds. The predicted molar refractivity (Wildman–Crippen MR) is 151 cm³/mol. The summed E-state index contributed by atoms with van der Waals surface area (Å²) in [7, 11) is 0. The van der Waals surface area contributed by atoms with E-state index in [9.17, 15) is 59.4 Å². The van der Waals surface area contributed by atoms with Gasteiger partial charge in [0.15, 0.2) is 0 Å². The second kappa shape index (κ2) is 15.7. The Balaban J connectivity index is 1.69. The zero-order valence-electron chi connectivity index (χ0n) is 24.9. The van der Waals surface area contributed by atoms with Gasteiger partial charge in [0.2, 0.25) is 0 Å². The minimum Gasteiger partial charge on any atom is -0.616 e. The summed E-state index contributed by atoms with van der Waals surface area (Å²) in [5.41, 5.74) is -4.50. The average Bonchev–Trinajstić information content (AvgIpc) is 3.08. The summed E-state index contributed by atoms with van der Waals surface area (Å²) < 4.78 is 114. The van der Waals surface area contributed by atoms with Crippen molar-refractivity contribution >= 4 is 34.5 Å². The van der Waals surface area contributed by atoms with Crippen LogP contribution in [0.4, 0.5) is 51.3 Å². The molecule has 17 heteroatoms. The molecule has 1 saturated heterocycles. The van der Waals surface area contributed by atoms with Gasteiger partial charge in [-0.15, -0.1) is 0 Å². The molecule has 1 heterocycles. The summed E-state index contributed by atoms with van der Waals surface area (Å²) in [5.74, 6) is -5.48. The molecule has 256 valence electrons. The predicted octanol–water partition coefficient (Wildman–Crippen LogP) is 8.40. The molecule has 1 aromatic rings. The summed E-state index contributed by atoms with van der Waals surface area (Å²) in [4.78, 5) is 37.9. The van der Waals surface area contributed by atoms with Gasteiger partial charge in [-0.1, -0.05) is 49.7 Å². The van der Waals surface area contributed by atoms with Gasteiger partial charge in [0.25, 0.3) is 11.6 Å².